The minimum absolute atomic E-state index is 0.698. The quantitative estimate of drug-likeness (QED) is 0.230. The molecule has 6 aromatic carbocycles. The summed E-state index contributed by atoms with van der Waals surface area (Å²) in [5.74, 6) is 0.698. The first-order chi connectivity index (χ1) is 20.3. The van der Waals surface area contributed by atoms with Gasteiger partial charge < -0.3 is 4.42 Å². The lowest BCUT2D eigenvalue weighted by atomic mass is 9.99. The first kappa shape index (κ1) is 23.4. The van der Waals surface area contributed by atoms with Crippen molar-refractivity contribution in [2.45, 2.75) is 0 Å². The van der Waals surface area contributed by atoms with Crippen molar-refractivity contribution in [2.24, 2.45) is 0 Å². The highest BCUT2D eigenvalue weighted by molar-refractivity contribution is 6.12. The third-order valence-corrected chi connectivity index (χ3v) is 7.68. The molecule has 2 aromatic heterocycles. The van der Waals surface area contributed by atoms with Gasteiger partial charge >= 0.3 is 0 Å². The van der Waals surface area contributed by atoms with Crippen LogP contribution in [-0.4, -0.2) is 9.97 Å². The van der Waals surface area contributed by atoms with Crippen molar-refractivity contribution in [1.82, 2.24) is 9.97 Å². The van der Waals surface area contributed by atoms with E-state index >= 15 is 0 Å². The van der Waals surface area contributed by atoms with E-state index in [4.69, 9.17) is 14.4 Å². The summed E-state index contributed by atoms with van der Waals surface area (Å²) in [6, 6.07) is 50.3. The molecule has 2 heterocycles. The van der Waals surface area contributed by atoms with Gasteiger partial charge in [0.05, 0.1) is 11.4 Å². The minimum atomic E-state index is 0.698. The van der Waals surface area contributed by atoms with E-state index in [2.05, 4.69) is 109 Å². The van der Waals surface area contributed by atoms with E-state index in [9.17, 15) is 0 Å². The molecule has 0 aliphatic carbocycles. The Morgan fingerprint density at radius 2 is 1.05 bits per heavy atom. The van der Waals surface area contributed by atoms with E-state index in [1.165, 1.54) is 5.56 Å². The molecular weight excluding hydrogens is 500 g/mol. The van der Waals surface area contributed by atoms with Crippen LogP contribution < -0.4 is 0 Å². The molecule has 0 atom stereocenters. The van der Waals surface area contributed by atoms with Crippen LogP contribution in [0.4, 0.5) is 0 Å². The molecule has 0 aliphatic heterocycles. The van der Waals surface area contributed by atoms with Crippen LogP contribution in [0.1, 0.15) is 0 Å². The van der Waals surface area contributed by atoms with E-state index in [1.54, 1.807) is 0 Å². The van der Waals surface area contributed by atoms with Gasteiger partial charge in [-0.05, 0) is 52.2 Å². The summed E-state index contributed by atoms with van der Waals surface area (Å²) in [5.41, 5.74) is 8.99. The third-order valence-electron chi connectivity index (χ3n) is 7.68. The Labute approximate surface area is 237 Å². The molecule has 0 bridgehead atoms. The lowest BCUT2D eigenvalue weighted by molar-refractivity contribution is 0.669. The van der Waals surface area contributed by atoms with Crippen molar-refractivity contribution < 1.29 is 4.42 Å². The van der Waals surface area contributed by atoms with Crippen molar-refractivity contribution in [1.29, 1.82) is 0 Å². The summed E-state index contributed by atoms with van der Waals surface area (Å²) >= 11 is 0. The molecule has 0 unspecified atom stereocenters. The molecule has 3 nitrogen and oxygen atoms in total. The summed E-state index contributed by atoms with van der Waals surface area (Å²) in [6.07, 6.45) is 0. The van der Waals surface area contributed by atoms with Gasteiger partial charge in [0.15, 0.2) is 5.82 Å². The maximum absolute atomic E-state index is 6.18. The number of furan rings is 1. The maximum atomic E-state index is 6.18. The SMILES string of the molecule is c1ccc(-c2cccc(-c3cc(-c4ccccc4)nc(-c4cccc5cc6oc7ccccc7c6cc45)n3)c2)cc1. The zero-order valence-corrected chi connectivity index (χ0v) is 22.2. The number of nitrogens with zero attached hydrogens (tertiary/aromatic N) is 2. The number of hydrogen-bond donors (Lipinski definition) is 0. The molecule has 41 heavy (non-hydrogen) atoms. The Bertz CT molecular complexity index is 2200. The fourth-order valence-electron chi connectivity index (χ4n) is 5.65. The first-order valence-electron chi connectivity index (χ1n) is 13.7. The molecule has 192 valence electrons. The van der Waals surface area contributed by atoms with Crippen LogP contribution in [0.5, 0.6) is 0 Å². The van der Waals surface area contributed by atoms with Crippen molar-refractivity contribution in [3.05, 3.63) is 146 Å². The molecule has 8 aromatic rings. The Morgan fingerprint density at radius 1 is 0.390 bits per heavy atom. The van der Waals surface area contributed by atoms with Crippen LogP contribution in [0.3, 0.4) is 0 Å². The molecule has 3 heteroatoms. The predicted molar refractivity (Wildman–Crippen MR) is 169 cm³/mol. The molecular formula is C38H24N2O. The van der Waals surface area contributed by atoms with Crippen molar-refractivity contribution in [3.63, 3.8) is 0 Å². The molecule has 0 amide bonds. The number of fused-ring (bicyclic) bond motifs is 4. The second-order valence-electron chi connectivity index (χ2n) is 10.2. The Kier molecular flexibility index (Phi) is 5.46. The van der Waals surface area contributed by atoms with Gasteiger partial charge in [0.2, 0.25) is 0 Å². The zero-order valence-electron chi connectivity index (χ0n) is 22.2. The summed E-state index contributed by atoms with van der Waals surface area (Å²) in [5, 5.41) is 4.39. The van der Waals surface area contributed by atoms with Crippen LogP contribution in [0, 0.1) is 0 Å². The average molecular weight is 525 g/mol. The summed E-state index contributed by atoms with van der Waals surface area (Å²) in [4.78, 5) is 10.3. The normalized spacial score (nSPS) is 11.4. The Hall–Kier alpha value is -5.54. The molecule has 8 rings (SSSR count). The Morgan fingerprint density at radius 3 is 1.88 bits per heavy atom. The predicted octanol–water partition coefficient (Wildman–Crippen LogP) is 10.2. The number of benzene rings is 6. The van der Waals surface area contributed by atoms with Crippen LogP contribution in [0.2, 0.25) is 0 Å². The number of rotatable bonds is 4. The van der Waals surface area contributed by atoms with Gasteiger partial charge in [-0.25, -0.2) is 9.97 Å². The monoisotopic (exact) mass is 524 g/mol. The van der Waals surface area contributed by atoms with Crippen molar-refractivity contribution >= 4 is 32.7 Å². The number of para-hydroxylation sites is 1. The summed E-state index contributed by atoms with van der Waals surface area (Å²) in [6.45, 7) is 0. The van der Waals surface area contributed by atoms with Gasteiger partial charge in [-0.15, -0.1) is 0 Å². The smallest absolute Gasteiger partial charge is 0.161 e. The second-order valence-corrected chi connectivity index (χ2v) is 10.2. The van der Waals surface area contributed by atoms with Crippen molar-refractivity contribution in [2.75, 3.05) is 0 Å². The highest BCUT2D eigenvalue weighted by Crippen LogP contribution is 2.37. The molecule has 0 saturated heterocycles. The summed E-state index contributed by atoms with van der Waals surface area (Å²) < 4.78 is 6.18. The lowest BCUT2D eigenvalue weighted by Gasteiger charge is -2.12. The fourth-order valence-corrected chi connectivity index (χ4v) is 5.65. The van der Waals surface area contributed by atoms with Crippen LogP contribution in [-0.2, 0) is 0 Å². The Balaban J connectivity index is 1.36. The minimum Gasteiger partial charge on any atom is -0.456 e. The summed E-state index contributed by atoms with van der Waals surface area (Å²) in [7, 11) is 0. The van der Waals surface area contributed by atoms with Crippen molar-refractivity contribution in [3.8, 4) is 45.0 Å². The standard InChI is InChI=1S/C38H24N2O/c1-3-11-25(12-4-1)27-15-9-17-29(21-27)35-24-34(26-13-5-2-6-14-26)39-38(40-35)31-19-10-16-28-22-37-33(23-32(28)31)30-18-7-8-20-36(30)41-37/h1-24H. The molecule has 0 radical (unpaired) electrons. The van der Waals surface area contributed by atoms with Gasteiger partial charge in [0.1, 0.15) is 11.2 Å². The fraction of sp³-hybridized carbons (Fsp3) is 0. The lowest BCUT2D eigenvalue weighted by Crippen LogP contribution is -1.96. The zero-order chi connectivity index (χ0) is 27.2. The molecule has 0 fully saturated rings. The highest BCUT2D eigenvalue weighted by Gasteiger charge is 2.15. The van der Waals surface area contributed by atoms with Crippen LogP contribution in [0.15, 0.2) is 150 Å². The van der Waals surface area contributed by atoms with E-state index in [-0.39, 0.29) is 0 Å². The van der Waals surface area contributed by atoms with Gasteiger partial charge in [-0.3, -0.25) is 0 Å². The van der Waals surface area contributed by atoms with Gasteiger partial charge in [-0.2, -0.15) is 0 Å². The topological polar surface area (TPSA) is 38.9 Å². The first-order valence-corrected chi connectivity index (χ1v) is 13.7. The number of hydrogen-bond acceptors (Lipinski definition) is 3. The van der Waals surface area contributed by atoms with E-state index in [1.807, 2.05) is 36.4 Å². The number of aromatic nitrogens is 2. The largest absolute Gasteiger partial charge is 0.456 e. The highest BCUT2D eigenvalue weighted by atomic mass is 16.3. The second kappa shape index (κ2) is 9.58. The van der Waals surface area contributed by atoms with E-state index in [0.717, 1.165) is 66.4 Å². The maximum Gasteiger partial charge on any atom is 0.161 e. The average Bonchev–Trinajstić information content (AvgIpc) is 3.41. The van der Waals surface area contributed by atoms with Gasteiger partial charge in [-0.1, -0.05) is 115 Å². The molecule has 0 aliphatic rings. The van der Waals surface area contributed by atoms with Crippen LogP contribution >= 0.6 is 0 Å². The third kappa shape index (κ3) is 4.16. The molecule has 0 N–H and O–H groups in total. The van der Waals surface area contributed by atoms with Crippen LogP contribution in [0.25, 0.3) is 77.7 Å². The van der Waals surface area contributed by atoms with E-state index in [0.29, 0.717) is 5.82 Å². The van der Waals surface area contributed by atoms with Gasteiger partial charge in [0.25, 0.3) is 0 Å². The van der Waals surface area contributed by atoms with E-state index < -0.39 is 0 Å². The molecule has 0 spiro atoms. The van der Waals surface area contributed by atoms with Gasteiger partial charge in [0, 0.05) is 27.5 Å². The molecule has 0 saturated carbocycles.